The maximum absolute atomic E-state index is 11.9. The van der Waals surface area contributed by atoms with Crippen molar-refractivity contribution in [3.63, 3.8) is 0 Å². The van der Waals surface area contributed by atoms with Crippen LogP contribution in [0, 0.1) is 0 Å². The number of rotatable bonds is 1. The van der Waals surface area contributed by atoms with Gasteiger partial charge in [0.15, 0.2) is 9.84 Å². The van der Waals surface area contributed by atoms with Crippen LogP contribution in [0.3, 0.4) is 0 Å². The second-order valence-corrected chi connectivity index (χ2v) is 7.13. The van der Waals surface area contributed by atoms with E-state index in [4.69, 9.17) is 11.6 Å². The van der Waals surface area contributed by atoms with Crippen LogP contribution in [-0.4, -0.2) is 29.5 Å². The first-order valence-corrected chi connectivity index (χ1v) is 7.77. The highest BCUT2D eigenvalue weighted by Crippen LogP contribution is 2.27. The molecule has 1 unspecified atom stereocenters. The summed E-state index contributed by atoms with van der Waals surface area (Å²) in [6.07, 6.45) is 0.474. The van der Waals surface area contributed by atoms with Crippen LogP contribution in [0.1, 0.15) is 12.5 Å². The van der Waals surface area contributed by atoms with Gasteiger partial charge in [0.25, 0.3) is 0 Å². The molecule has 0 aliphatic carbocycles. The third kappa shape index (κ3) is 1.76. The number of halogens is 1. The summed E-state index contributed by atoms with van der Waals surface area (Å²) >= 11 is 6.00. The van der Waals surface area contributed by atoms with Gasteiger partial charge in [-0.3, -0.25) is 4.57 Å². The molecule has 5 nitrogen and oxygen atoms in total. The number of H-pyrrole nitrogens is 1. The quantitative estimate of drug-likeness (QED) is 0.860. The molecule has 7 heteroatoms. The molecule has 2 aromatic rings. The molecule has 0 bridgehead atoms. The molecule has 0 radical (unpaired) electrons. The van der Waals surface area contributed by atoms with E-state index >= 15 is 0 Å². The van der Waals surface area contributed by atoms with Crippen molar-refractivity contribution in [2.24, 2.45) is 0 Å². The van der Waals surface area contributed by atoms with Gasteiger partial charge in [-0.25, -0.2) is 13.2 Å². The molecule has 96 valence electrons. The molecule has 0 amide bonds. The Hall–Kier alpha value is -1.27. The van der Waals surface area contributed by atoms with Crippen molar-refractivity contribution in [1.82, 2.24) is 9.55 Å². The molecular weight excluding hydrogens is 276 g/mol. The summed E-state index contributed by atoms with van der Waals surface area (Å²) in [7, 11) is -3.02. The molecule has 0 spiro atoms. The Morgan fingerprint density at radius 1 is 1.39 bits per heavy atom. The maximum atomic E-state index is 11.9. The normalized spacial score (nSPS) is 22.6. The lowest BCUT2D eigenvalue weighted by molar-refractivity contribution is 0.554. The SMILES string of the molecule is O=c1[nH]c2c(Cl)cccc2n1C1CCS(=O)(=O)C1. The van der Waals surface area contributed by atoms with Crippen LogP contribution in [0.2, 0.25) is 5.02 Å². The Morgan fingerprint density at radius 2 is 2.17 bits per heavy atom. The fourth-order valence-electron chi connectivity index (χ4n) is 2.46. The van der Waals surface area contributed by atoms with E-state index in [0.717, 1.165) is 0 Å². The van der Waals surface area contributed by atoms with Crippen LogP contribution in [0.4, 0.5) is 0 Å². The predicted molar refractivity (Wildman–Crippen MR) is 69.9 cm³/mol. The van der Waals surface area contributed by atoms with Crippen molar-refractivity contribution >= 4 is 32.5 Å². The fraction of sp³-hybridized carbons (Fsp3) is 0.364. The lowest BCUT2D eigenvalue weighted by Gasteiger charge is -2.09. The lowest BCUT2D eigenvalue weighted by Crippen LogP contribution is -2.23. The minimum Gasteiger partial charge on any atom is -0.304 e. The third-order valence-corrected chi connectivity index (χ3v) is 5.34. The largest absolute Gasteiger partial charge is 0.326 e. The second kappa shape index (κ2) is 3.86. The Morgan fingerprint density at radius 3 is 2.83 bits per heavy atom. The Balaban J connectivity index is 2.21. The third-order valence-electron chi connectivity index (χ3n) is 3.28. The number of aromatic amines is 1. The summed E-state index contributed by atoms with van der Waals surface area (Å²) in [5.41, 5.74) is 0.920. The minimum absolute atomic E-state index is 0.0202. The number of imidazole rings is 1. The van der Waals surface area contributed by atoms with Gasteiger partial charge in [0.1, 0.15) is 0 Å². The van der Waals surface area contributed by atoms with Crippen LogP contribution < -0.4 is 5.69 Å². The van der Waals surface area contributed by atoms with Crippen LogP contribution in [0.5, 0.6) is 0 Å². The Labute approximate surface area is 108 Å². The number of nitrogens with one attached hydrogen (secondary N) is 1. The molecule has 1 aliphatic rings. The van der Waals surface area contributed by atoms with Crippen LogP contribution in [0.25, 0.3) is 11.0 Å². The highest BCUT2D eigenvalue weighted by Gasteiger charge is 2.31. The summed E-state index contributed by atoms with van der Waals surface area (Å²) in [4.78, 5) is 14.6. The summed E-state index contributed by atoms with van der Waals surface area (Å²) in [6.45, 7) is 0. The van der Waals surface area contributed by atoms with Crippen molar-refractivity contribution in [3.05, 3.63) is 33.7 Å². The number of hydrogen-bond donors (Lipinski definition) is 1. The van der Waals surface area contributed by atoms with Crippen molar-refractivity contribution in [1.29, 1.82) is 0 Å². The first-order valence-electron chi connectivity index (χ1n) is 5.57. The van der Waals surface area contributed by atoms with E-state index in [9.17, 15) is 13.2 Å². The summed E-state index contributed by atoms with van der Waals surface area (Å²) < 4.78 is 24.5. The zero-order valence-corrected chi connectivity index (χ0v) is 11.0. The van der Waals surface area contributed by atoms with E-state index < -0.39 is 9.84 Å². The first kappa shape index (κ1) is 11.8. The molecule has 1 aliphatic heterocycles. The van der Waals surface area contributed by atoms with Crippen molar-refractivity contribution in [3.8, 4) is 0 Å². The van der Waals surface area contributed by atoms with E-state index in [0.29, 0.717) is 22.5 Å². The van der Waals surface area contributed by atoms with Crippen LogP contribution >= 0.6 is 11.6 Å². The van der Waals surface area contributed by atoms with Gasteiger partial charge in [-0.1, -0.05) is 17.7 Å². The van der Waals surface area contributed by atoms with Crippen molar-refractivity contribution in [2.45, 2.75) is 12.5 Å². The van der Waals surface area contributed by atoms with Gasteiger partial charge in [-0.2, -0.15) is 0 Å². The monoisotopic (exact) mass is 286 g/mol. The average Bonchev–Trinajstić information content (AvgIpc) is 2.79. The van der Waals surface area contributed by atoms with Gasteiger partial charge in [-0.15, -0.1) is 0 Å². The average molecular weight is 287 g/mol. The van der Waals surface area contributed by atoms with Crippen LogP contribution in [-0.2, 0) is 9.84 Å². The number of benzene rings is 1. The highest BCUT2D eigenvalue weighted by molar-refractivity contribution is 7.91. The number of hydrogen-bond acceptors (Lipinski definition) is 3. The summed E-state index contributed by atoms with van der Waals surface area (Å²) in [6, 6.07) is 4.91. The predicted octanol–water partition coefficient (Wildman–Crippen LogP) is 1.34. The molecule has 0 saturated carbocycles. The van der Waals surface area contributed by atoms with E-state index in [1.165, 1.54) is 4.57 Å². The number of sulfone groups is 1. The first-order chi connectivity index (χ1) is 8.48. The molecule has 1 N–H and O–H groups in total. The lowest BCUT2D eigenvalue weighted by atomic mass is 10.2. The number of fused-ring (bicyclic) bond motifs is 1. The van der Waals surface area contributed by atoms with Crippen LogP contribution in [0.15, 0.2) is 23.0 Å². The minimum atomic E-state index is -3.02. The molecule has 1 fully saturated rings. The molecule has 1 atom stereocenters. The topological polar surface area (TPSA) is 71.9 Å². The molecule has 1 saturated heterocycles. The van der Waals surface area contributed by atoms with E-state index in [1.807, 2.05) is 0 Å². The molecule has 2 heterocycles. The molecular formula is C11H11ClN2O3S. The van der Waals surface area contributed by atoms with E-state index in [-0.39, 0.29) is 23.2 Å². The zero-order valence-electron chi connectivity index (χ0n) is 9.39. The van der Waals surface area contributed by atoms with Crippen molar-refractivity contribution in [2.75, 3.05) is 11.5 Å². The van der Waals surface area contributed by atoms with E-state index in [2.05, 4.69) is 4.98 Å². The van der Waals surface area contributed by atoms with Gasteiger partial charge in [0.05, 0.1) is 33.6 Å². The zero-order chi connectivity index (χ0) is 12.9. The van der Waals surface area contributed by atoms with Gasteiger partial charge in [0, 0.05) is 0 Å². The Bertz CT molecular complexity index is 775. The van der Waals surface area contributed by atoms with E-state index in [1.54, 1.807) is 18.2 Å². The highest BCUT2D eigenvalue weighted by atomic mass is 35.5. The molecule has 1 aromatic heterocycles. The maximum Gasteiger partial charge on any atom is 0.326 e. The summed E-state index contributed by atoms with van der Waals surface area (Å²) in [5.74, 6) is 0.156. The van der Waals surface area contributed by atoms with Crippen molar-refractivity contribution < 1.29 is 8.42 Å². The van der Waals surface area contributed by atoms with Gasteiger partial charge in [-0.05, 0) is 18.6 Å². The summed E-state index contributed by atoms with van der Waals surface area (Å²) in [5, 5.41) is 0.462. The Kier molecular flexibility index (Phi) is 2.53. The molecule has 1 aromatic carbocycles. The molecule has 3 rings (SSSR count). The van der Waals surface area contributed by atoms with Gasteiger partial charge >= 0.3 is 5.69 Å². The number of nitrogens with zero attached hydrogens (tertiary/aromatic N) is 1. The standard InChI is InChI=1S/C11H11ClN2O3S/c12-8-2-1-3-9-10(8)13-11(15)14(9)7-4-5-18(16,17)6-7/h1-3,7H,4-6H2,(H,13,15). The molecule has 18 heavy (non-hydrogen) atoms. The fourth-order valence-corrected chi connectivity index (χ4v) is 4.37. The number of para-hydroxylation sites is 1. The number of aromatic nitrogens is 2. The smallest absolute Gasteiger partial charge is 0.304 e. The van der Waals surface area contributed by atoms with Gasteiger partial charge < -0.3 is 4.98 Å². The van der Waals surface area contributed by atoms with Gasteiger partial charge in [0.2, 0.25) is 0 Å². The second-order valence-electron chi connectivity index (χ2n) is 4.49.